The molecular formula is C19H20ClNO4. The van der Waals surface area contributed by atoms with E-state index in [2.05, 4.69) is 0 Å². The van der Waals surface area contributed by atoms with Crippen LogP contribution in [0.2, 0.25) is 5.02 Å². The van der Waals surface area contributed by atoms with Crippen LogP contribution in [0.15, 0.2) is 48.5 Å². The summed E-state index contributed by atoms with van der Waals surface area (Å²) < 4.78 is 11.4. The van der Waals surface area contributed by atoms with Crippen molar-refractivity contribution >= 4 is 17.5 Å². The van der Waals surface area contributed by atoms with E-state index in [9.17, 15) is 4.79 Å². The molecule has 132 valence electrons. The summed E-state index contributed by atoms with van der Waals surface area (Å²) in [6.07, 6.45) is 0.745. The molecule has 1 N–H and O–H groups in total. The van der Waals surface area contributed by atoms with Gasteiger partial charge in [-0.25, -0.2) is 0 Å². The van der Waals surface area contributed by atoms with Crippen molar-refractivity contribution in [3.63, 3.8) is 0 Å². The molecule has 0 aliphatic carbocycles. The van der Waals surface area contributed by atoms with Crippen molar-refractivity contribution in [3.05, 3.63) is 59.1 Å². The highest BCUT2D eigenvalue weighted by Crippen LogP contribution is 2.22. The zero-order valence-corrected chi connectivity index (χ0v) is 14.5. The number of aliphatic hydroxyl groups excluding tert-OH is 1. The average molecular weight is 362 g/mol. The van der Waals surface area contributed by atoms with Crippen molar-refractivity contribution in [2.75, 3.05) is 19.7 Å². The molecule has 0 saturated carbocycles. The predicted octanol–water partition coefficient (Wildman–Crippen LogP) is 2.89. The Morgan fingerprint density at radius 2 is 2.00 bits per heavy atom. The Morgan fingerprint density at radius 3 is 2.72 bits per heavy atom. The van der Waals surface area contributed by atoms with Crippen LogP contribution < -0.4 is 9.47 Å². The number of benzene rings is 2. The fourth-order valence-electron chi connectivity index (χ4n) is 2.71. The number of ether oxygens (including phenoxy) is 2. The molecule has 1 aliphatic heterocycles. The molecule has 0 aromatic heterocycles. The van der Waals surface area contributed by atoms with E-state index in [1.54, 1.807) is 41.3 Å². The van der Waals surface area contributed by atoms with Gasteiger partial charge in [-0.3, -0.25) is 4.79 Å². The highest BCUT2D eigenvalue weighted by molar-refractivity contribution is 6.30. The van der Waals surface area contributed by atoms with Crippen LogP contribution in [0, 0.1) is 0 Å². The SMILES string of the molecule is O=C(COc1ccc(CO)cc1)N1CCC(Oc2cccc(Cl)c2)C1. The third-order valence-corrected chi connectivity index (χ3v) is 4.30. The lowest BCUT2D eigenvalue weighted by atomic mass is 10.2. The van der Waals surface area contributed by atoms with Crippen LogP contribution >= 0.6 is 11.6 Å². The molecule has 1 saturated heterocycles. The van der Waals surface area contributed by atoms with Crippen LogP contribution in [0.3, 0.4) is 0 Å². The molecule has 1 fully saturated rings. The van der Waals surface area contributed by atoms with E-state index in [0.29, 0.717) is 29.6 Å². The van der Waals surface area contributed by atoms with Crippen LogP contribution in [0.4, 0.5) is 0 Å². The quantitative estimate of drug-likeness (QED) is 0.859. The number of carbonyl (C=O) groups excluding carboxylic acids is 1. The average Bonchev–Trinajstić information content (AvgIpc) is 3.08. The van der Waals surface area contributed by atoms with Crippen molar-refractivity contribution in [1.29, 1.82) is 0 Å². The maximum Gasteiger partial charge on any atom is 0.260 e. The topological polar surface area (TPSA) is 59.0 Å². The summed E-state index contributed by atoms with van der Waals surface area (Å²) in [7, 11) is 0. The molecule has 2 aromatic rings. The first-order valence-corrected chi connectivity index (χ1v) is 8.54. The molecule has 1 unspecified atom stereocenters. The normalized spacial score (nSPS) is 16.7. The van der Waals surface area contributed by atoms with Gasteiger partial charge in [0, 0.05) is 18.0 Å². The zero-order valence-electron chi connectivity index (χ0n) is 13.7. The first-order chi connectivity index (χ1) is 12.1. The second-order valence-electron chi connectivity index (χ2n) is 5.92. The van der Waals surface area contributed by atoms with Gasteiger partial charge in [-0.05, 0) is 35.9 Å². The predicted molar refractivity (Wildman–Crippen MR) is 94.9 cm³/mol. The fourth-order valence-corrected chi connectivity index (χ4v) is 2.89. The number of hydrogen-bond acceptors (Lipinski definition) is 4. The van der Waals surface area contributed by atoms with E-state index in [1.807, 2.05) is 12.1 Å². The first kappa shape index (κ1) is 17.6. The summed E-state index contributed by atoms with van der Waals surface area (Å²) in [6, 6.07) is 14.3. The lowest BCUT2D eigenvalue weighted by Gasteiger charge is -2.17. The van der Waals surface area contributed by atoms with Crippen LogP contribution in [-0.4, -0.2) is 41.7 Å². The Labute approximate surface area is 151 Å². The molecule has 0 radical (unpaired) electrons. The molecule has 1 atom stereocenters. The minimum absolute atomic E-state index is 0.0116. The Hall–Kier alpha value is -2.24. The third-order valence-electron chi connectivity index (χ3n) is 4.06. The van der Waals surface area contributed by atoms with E-state index >= 15 is 0 Å². The van der Waals surface area contributed by atoms with Crippen molar-refractivity contribution in [2.45, 2.75) is 19.1 Å². The van der Waals surface area contributed by atoms with Crippen molar-refractivity contribution in [3.8, 4) is 11.5 Å². The molecule has 1 heterocycles. The summed E-state index contributed by atoms with van der Waals surface area (Å²) in [4.78, 5) is 14.0. The maximum absolute atomic E-state index is 12.3. The molecule has 3 rings (SSSR count). The molecule has 25 heavy (non-hydrogen) atoms. The van der Waals surface area contributed by atoms with Gasteiger partial charge in [0.1, 0.15) is 17.6 Å². The minimum atomic E-state index is -0.0663. The van der Waals surface area contributed by atoms with E-state index < -0.39 is 0 Å². The van der Waals surface area contributed by atoms with Crippen molar-refractivity contribution in [1.82, 2.24) is 4.90 Å². The smallest absolute Gasteiger partial charge is 0.260 e. The Morgan fingerprint density at radius 1 is 1.20 bits per heavy atom. The lowest BCUT2D eigenvalue weighted by Crippen LogP contribution is -2.34. The zero-order chi connectivity index (χ0) is 17.6. The number of nitrogens with zero attached hydrogens (tertiary/aromatic N) is 1. The van der Waals surface area contributed by atoms with Crippen LogP contribution in [0.1, 0.15) is 12.0 Å². The molecule has 0 bridgehead atoms. The third kappa shape index (κ3) is 4.87. The molecule has 1 amide bonds. The van der Waals surface area contributed by atoms with Crippen LogP contribution in [0.25, 0.3) is 0 Å². The van der Waals surface area contributed by atoms with E-state index in [0.717, 1.165) is 12.0 Å². The molecule has 2 aromatic carbocycles. The minimum Gasteiger partial charge on any atom is -0.488 e. The molecule has 6 heteroatoms. The summed E-state index contributed by atoms with van der Waals surface area (Å²) in [5, 5.41) is 9.64. The largest absolute Gasteiger partial charge is 0.488 e. The number of carbonyl (C=O) groups is 1. The molecular weight excluding hydrogens is 342 g/mol. The number of halogens is 1. The monoisotopic (exact) mass is 361 g/mol. The standard InChI is InChI=1S/C19H20ClNO4/c20-15-2-1-3-17(10-15)25-18-8-9-21(11-18)19(23)13-24-16-6-4-14(12-22)5-7-16/h1-7,10,18,22H,8-9,11-13H2. The van der Waals surface area contributed by atoms with Gasteiger partial charge >= 0.3 is 0 Å². The number of hydrogen-bond donors (Lipinski definition) is 1. The van der Waals surface area contributed by atoms with Crippen LogP contribution in [-0.2, 0) is 11.4 Å². The summed E-state index contributed by atoms with van der Waals surface area (Å²) in [5.74, 6) is 1.26. The Kier molecular flexibility index (Phi) is 5.79. The van der Waals surface area contributed by atoms with E-state index in [4.69, 9.17) is 26.2 Å². The second-order valence-corrected chi connectivity index (χ2v) is 6.35. The first-order valence-electron chi connectivity index (χ1n) is 8.16. The highest BCUT2D eigenvalue weighted by Gasteiger charge is 2.27. The van der Waals surface area contributed by atoms with Gasteiger partial charge in [-0.15, -0.1) is 0 Å². The van der Waals surface area contributed by atoms with Gasteiger partial charge in [0.05, 0.1) is 13.2 Å². The highest BCUT2D eigenvalue weighted by atomic mass is 35.5. The van der Waals surface area contributed by atoms with Gasteiger partial charge in [0.25, 0.3) is 5.91 Å². The lowest BCUT2D eigenvalue weighted by molar-refractivity contribution is -0.132. The second kappa shape index (κ2) is 8.23. The Balaban J connectivity index is 1.47. The number of aliphatic hydroxyl groups is 1. The van der Waals surface area contributed by atoms with Gasteiger partial charge < -0.3 is 19.5 Å². The molecule has 5 nitrogen and oxygen atoms in total. The Bertz CT molecular complexity index is 720. The van der Waals surface area contributed by atoms with Crippen molar-refractivity contribution in [2.24, 2.45) is 0 Å². The van der Waals surface area contributed by atoms with Crippen molar-refractivity contribution < 1.29 is 19.4 Å². The number of likely N-dealkylation sites (tertiary alicyclic amines) is 1. The number of amides is 1. The van der Waals surface area contributed by atoms with E-state index in [-0.39, 0.29) is 25.2 Å². The van der Waals surface area contributed by atoms with Crippen LogP contribution in [0.5, 0.6) is 11.5 Å². The van der Waals surface area contributed by atoms with Gasteiger partial charge in [0.15, 0.2) is 6.61 Å². The molecule has 0 spiro atoms. The summed E-state index contributed by atoms with van der Waals surface area (Å²) >= 11 is 5.95. The molecule has 1 aliphatic rings. The fraction of sp³-hybridized carbons (Fsp3) is 0.316. The summed E-state index contributed by atoms with van der Waals surface area (Å²) in [6.45, 7) is 1.17. The number of rotatable bonds is 6. The summed E-state index contributed by atoms with van der Waals surface area (Å²) in [5.41, 5.74) is 0.805. The van der Waals surface area contributed by atoms with Gasteiger partial charge in [-0.1, -0.05) is 29.8 Å². The van der Waals surface area contributed by atoms with E-state index in [1.165, 1.54) is 0 Å². The van der Waals surface area contributed by atoms with Gasteiger partial charge in [-0.2, -0.15) is 0 Å². The van der Waals surface area contributed by atoms with Gasteiger partial charge in [0.2, 0.25) is 0 Å². The maximum atomic E-state index is 12.3.